The molecule has 0 spiro atoms. The van der Waals surface area contributed by atoms with E-state index >= 15 is 0 Å². The van der Waals surface area contributed by atoms with Gasteiger partial charge in [0.05, 0.1) is 0 Å². The molecule has 0 bridgehead atoms. The third-order valence-electron chi connectivity index (χ3n) is 1.41. The van der Waals surface area contributed by atoms with Gasteiger partial charge in [-0.15, -0.1) is 6.58 Å². The summed E-state index contributed by atoms with van der Waals surface area (Å²) in [5, 5.41) is 2.99. The van der Waals surface area contributed by atoms with E-state index in [4.69, 9.17) is 5.73 Å². The van der Waals surface area contributed by atoms with Crippen molar-refractivity contribution in [2.24, 2.45) is 5.73 Å². The Hall–Kier alpha value is -1.51. The second kappa shape index (κ2) is 7.16. The first-order chi connectivity index (χ1) is 6.20. The molecule has 0 unspecified atom stereocenters. The highest BCUT2D eigenvalue weighted by atomic mass is 16.1. The van der Waals surface area contributed by atoms with Crippen molar-refractivity contribution in [3.05, 3.63) is 36.6 Å². The van der Waals surface area contributed by atoms with E-state index in [1.165, 1.54) is 0 Å². The molecular weight excluding hydrogens is 164 g/mol. The zero-order valence-electron chi connectivity index (χ0n) is 7.92. The largest absolute Gasteiger partial charge is 0.388 e. The topological polar surface area (TPSA) is 55.1 Å². The Morgan fingerprint density at radius 2 is 2.31 bits per heavy atom. The van der Waals surface area contributed by atoms with Gasteiger partial charge in [-0.3, -0.25) is 4.79 Å². The smallest absolute Gasteiger partial charge is 0.221 e. The molecule has 72 valence electrons. The zero-order valence-corrected chi connectivity index (χ0v) is 7.92. The number of carbonyl (C=O) groups is 1. The molecule has 3 nitrogen and oxygen atoms in total. The summed E-state index contributed by atoms with van der Waals surface area (Å²) < 4.78 is 0. The SMILES string of the molecule is C=CC/C=C(\C=C/CC(N)=O)NC. The third-order valence-corrected chi connectivity index (χ3v) is 1.41. The van der Waals surface area contributed by atoms with E-state index in [1.807, 2.05) is 19.2 Å². The van der Waals surface area contributed by atoms with Gasteiger partial charge in [0.15, 0.2) is 0 Å². The molecule has 0 saturated heterocycles. The molecule has 13 heavy (non-hydrogen) atoms. The van der Waals surface area contributed by atoms with Crippen LogP contribution in [0.4, 0.5) is 0 Å². The first-order valence-electron chi connectivity index (χ1n) is 4.14. The van der Waals surface area contributed by atoms with Crippen LogP contribution in [0.15, 0.2) is 36.6 Å². The predicted molar refractivity (Wildman–Crippen MR) is 54.9 cm³/mol. The summed E-state index contributed by atoms with van der Waals surface area (Å²) in [7, 11) is 1.82. The summed E-state index contributed by atoms with van der Waals surface area (Å²) in [4.78, 5) is 10.4. The Balaban J connectivity index is 4.03. The maximum Gasteiger partial charge on any atom is 0.221 e. The molecule has 0 heterocycles. The average molecular weight is 180 g/mol. The lowest BCUT2D eigenvalue weighted by Crippen LogP contribution is -2.08. The number of allylic oxidation sites excluding steroid dienone is 3. The molecule has 0 aromatic carbocycles. The van der Waals surface area contributed by atoms with Gasteiger partial charge in [0.1, 0.15) is 0 Å². The minimum absolute atomic E-state index is 0.271. The number of carbonyl (C=O) groups excluding carboxylic acids is 1. The van der Waals surface area contributed by atoms with Crippen LogP contribution in [-0.2, 0) is 4.79 Å². The standard InChI is InChI=1S/C10H16N2O/c1-3-4-6-9(12-2)7-5-8-10(11)13/h3,5-7,12H,1,4,8H2,2H3,(H2,11,13)/b7-5-,9-6+. The highest BCUT2D eigenvalue weighted by Crippen LogP contribution is 1.95. The Bertz CT molecular complexity index is 229. The molecular formula is C10H16N2O. The number of primary amides is 1. The summed E-state index contributed by atoms with van der Waals surface area (Å²) >= 11 is 0. The van der Waals surface area contributed by atoms with E-state index in [2.05, 4.69) is 11.9 Å². The van der Waals surface area contributed by atoms with Gasteiger partial charge in [-0.25, -0.2) is 0 Å². The van der Waals surface area contributed by atoms with Crippen LogP contribution >= 0.6 is 0 Å². The fourth-order valence-electron chi connectivity index (χ4n) is 0.766. The van der Waals surface area contributed by atoms with Crippen LogP contribution < -0.4 is 11.1 Å². The van der Waals surface area contributed by atoms with Crippen molar-refractivity contribution in [3.63, 3.8) is 0 Å². The van der Waals surface area contributed by atoms with Gasteiger partial charge in [0.2, 0.25) is 5.91 Å². The monoisotopic (exact) mass is 180 g/mol. The van der Waals surface area contributed by atoms with Crippen LogP contribution in [-0.4, -0.2) is 13.0 Å². The molecule has 0 aliphatic heterocycles. The molecule has 0 atom stereocenters. The highest BCUT2D eigenvalue weighted by Gasteiger charge is 1.88. The van der Waals surface area contributed by atoms with Crippen molar-refractivity contribution in [1.82, 2.24) is 5.32 Å². The van der Waals surface area contributed by atoms with Crippen molar-refractivity contribution >= 4 is 5.91 Å². The Labute approximate surface area is 79.0 Å². The summed E-state index contributed by atoms with van der Waals surface area (Å²) in [6.45, 7) is 3.60. The lowest BCUT2D eigenvalue weighted by atomic mass is 10.2. The van der Waals surface area contributed by atoms with Crippen molar-refractivity contribution in [2.75, 3.05) is 7.05 Å². The van der Waals surface area contributed by atoms with Gasteiger partial charge in [-0.2, -0.15) is 0 Å². The van der Waals surface area contributed by atoms with Crippen LogP contribution in [0, 0.1) is 0 Å². The van der Waals surface area contributed by atoms with E-state index in [0.29, 0.717) is 0 Å². The number of nitrogens with one attached hydrogen (secondary N) is 1. The van der Waals surface area contributed by atoms with Crippen LogP contribution in [0.3, 0.4) is 0 Å². The number of amides is 1. The Morgan fingerprint density at radius 1 is 1.62 bits per heavy atom. The van der Waals surface area contributed by atoms with Gasteiger partial charge < -0.3 is 11.1 Å². The summed E-state index contributed by atoms with van der Waals surface area (Å²) in [5.41, 5.74) is 5.93. The number of likely N-dealkylation sites (N-methyl/N-ethyl adjacent to an activating group) is 1. The second-order valence-corrected chi connectivity index (χ2v) is 2.51. The molecule has 3 heteroatoms. The molecule has 0 aliphatic rings. The highest BCUT2D eigenvalue weighted by molar-refractivity contribution is 5.75. The van der Waals surface area contributed by atoms with Crippen molar-refractivity contribution < 1.29 is 4.79 Å². The molecule has 0 aromatic rings. The average Bonchev–Trinajstić information content (AvgIpc) is 2.10. The van der Waals surface area contributed by atoms with E-state index in [1.54, 1.807) is 12.2 Å². The Morgan fingerprint density at radius 3 is 2.77 bits per heavy atom. The fourth-order valence-corrected chi connectivity index (χ4v) is 0.766. The maximum absolute atomic E-state index is 10.4. The third kappa shape index (κ3) is 6.87. The van der Waals surface area contributed by atoms with Crippen molar-refractivity contribution in [2.45, 2.75) is 12.8 Å². The Kier molecular flexibility index (Phi) is 6.32. The number of rotatable bonds is 6. The molecule has 0 fully saturated rings. The molecule has 0 radical (unpaired) electrons. The lowest BCUT2D eigenvalue weighted by Gasteiger charge is -1.98. The number of hydrogen-bond acceptors (Lipinski definition) is 2. The molecule has 0 aliphatic carbocycles. The molecule has 0 aromatic heterocycles. The van der Waals surface area contributed by atoms with Gasteiger partial charge in [0, 0.05) is 19.2 Å². The summed E-state index contributed by atoms with van der Waals surface area (Å²) in [6.07, 6.45) is 8.41. The van der Waals surface area contributed by atoms with Crippen molar-refractivity contribution in [1.29, 1.82) is 0 Å². The van der Waals surface area contributed by atoms with E-state index in [9.17, 15) is 4.79 Å². The first-order valence-corrected chi connectivity index (χ1v) is 4.14. The first kappa shape index (κ1) is 11.5. The predicted octanol–water partition coefficient (Wildman–Crippen LogP) is 1.10. The van der Waals surface area contributed by atoms with E-state index in [0.717, 1.165) is 12.1 Å². The molecule has 3 N–H and O–H groups in total. The van der Waals surface area contributed by atoms with Crippen LogP contribution in [0.1, 0.15) is 12.8 Å². The van der Waals surface area contributed by atoms with Gasteiger partial charge in [-0.05, 0) is 12.5 Å². The van der Waals surface area contributed by atoms with Crippen molar-refractivity contribution in [3.8, 4) is 0 Å². The minimum atomic E-state index is -0.324. The van der Waals surface area contributed by atoms with E-state index in [-0.39, 0.29) is 12.3 Å². The summed E-state index contributed by atoms with van der Waals surface area (Å²) in [5.74, 6) is -0.324. The van der Waals surface area contributed by atoms with Crippen LogP contribution in [0.5, 0.6) is 0 Å². The lowest BCUT2D eigenvalue weighted by molar-refractivity contribution is -0.117. The second-order valence-electron chi connectivity index (χ2n) is 2.51. The molecule has 1 amide bonds. The van der Waals surface area contributed by atoms with Crippen LogP contribution in [0.2, 0.25) is 0 Å². The number of hydrogen-bond donors (Lipinski definition) is 2. The normalized spacial score (nSPS) is 11.6. The van der Waals surface area contributed by atoms with E-state index < -0.39 is 0 Å². The number of nitrogens with two attached hydrogens (primary N) is 1. The maximum atomic E-state index is 10.4. The van der Waals surface area contributed by atoms with Gasteiger partial charge in [0.25, 0.3) is 0 Å². The van der Waals surface area contributed by atoms with Gasteiger partial charge in [-0.1, -0.05) is 18.2 Å². The minimum Gasteiger partial charge on any atom is -0.388 e. The quantitative estimate of drug-likeness (QED) is 0.475. The van der Waals surface area contributed by atoms with Crippen LogP contribution in [0.25, 0.3) is 0 Å². The molecule has 0 saturated carbocycles. The summed E-state index contributed by atoms with van der Waals surface area (Å²) in [6, 6.07) is 0. The van der Waals surface area contributed by atoms with Gasteiger partial charge >= 0.3 is 0 Å². The zero-order chi connectivity index (χ0) is 10.1. The fraction of sp³-hybridized carbons (Fsp3) is 0.300. The molecule has 0 rings (SSSR count).